The van der Waals surface area contributed by atoms with Crippen molar-refractivity contribution in [3.63, 3.8) is 0 Å². The van der Waals surface area contributed by atoms with Crippen LogP contribution in [-0.2, 0) is 9.59 Å². The van der Waals surface area contributed by atoms with Crippen LogP contribution >= 0.6 is 0 Å². The van der Waals surface area contributed by atoms with Gasteiger partial charge in [-0.25, -0.2) is 9.59 Å². The number of nitrogens with zero attached hydrogens (tertiary/aromatic N) is 1. The van der Waals surface area contributed by atoms with Crippen molar-refractivity contribution in [3.05, 3.63) is 35.4 Å². The van der Waals surface area contributed by atoms with Crippen molar-refractivity contribution in [1.29, 1.82) is 0 Å². The molecule has 0 bridgehead atoms. The summed E-state index contributed by atoms with van der Waals surface area (Å²) >= 11 is 0. The average Bonchev–Trinajstić information content (AvgIpc) is 2.78. The summed E-state index contributed by atoms with van der Waals surface area (Å²) in [6, 6.07) is 8.31. The van der Waals surface area contributed by atoms with Crippen molar-refractivity contribution in [2.24, 2.45) is 0 Å². The Balaban J connectivity index is 0.000000720. The summed E-state index contributed by atoms with van der Waals surface area (Å²) in [5.41, 5.74) is 1.80. The quantitative estimate of drug-likeness (QED) is 0.314. The van der Waals surface area contributed by atoms with Gasteiger partial charge in [0.25, 0.3) is 5.91 Å². The van der Waals surface area contributed by atoms with Gasteiger partial charge in [0.1, 0.15) is 0 Å². The highest BCUT2D eigenvalue weighted by Crippen LogP contribution is 2.14. The second kappa shape index (κ2) is 16.0. The molecule has 2 rings (SSSR count). The Hall–Kier alpha value is -2.87. The lowest BCUT2D eigenvalue weighted by atomic mass is 10.0. The number of benzene rings is 1. The topological polar surface area (TPSA) is 119 Å². The largest absolute Gasteiger partial charge is 0.490 e. The molecule has 0 radical (unpaired) electrons. The number of carbonyl (C=O) groups excluding carboxylic acids is 1. The molecule has 0 aromatic heterocycles. The SMILES string of the molecule is CCCN1CCC(NCCNC(=O)c2ccccc2C)CC1.O=C(O)C(F)(F)F.O=C(O)C(F)(F)F. The van der Waals surface area contributed by atoms with Gasteiger partial charge in [0.2, 0.25) is 0 Å². The molecule has 1 aromatic carbocycles. The van der Waals surface area contributed by atoms with Crippen LogP contribution in [0.4, 0.5) is 26.3 Å². The first kappa shape index (κ1) is 33.1. The predicted octanol–water partition coefficient (Wildman–Crippen LogP) is 3.46. The number of alkyl halides is 6. The summed E-state index contributed by atoms with van der Waals surface area (Å²) in [4.78, 5) is 32.4. The van der Waals surface area contributed by atoms with Crippen LogP contribution in [0, 0.1) is 6.92 Å². The zero-order valence-corrected chi connectivity index (χ0v) is 19.9. The molecule has 1 aromatic rings. The molecule has 0 aliphatic carbocycles. The van der Waals surface area contributed by atoms with Crippen LogP contribution in [0.25, 0.3) is 0 Å². The number of hydrogen-bond donors (Lipinski definition) is 4. The van der Waals surface area contributed by atoms with Crippen molar-refractivity contribution in [2.45, 2.75) is 51.5 Å². The maximum Gasteiger partial charge on any atom is 0.490 e. The van der Waals surface area contributed by atoms with E-state index in [1.54, 1.807) is 0 Å². The summed E-state index contributed by atoms with van der Waals surface area (Å²) in [5.74, 6) is -5.49. The molecule has 14 heteroatoms. The van der Waals surface area contributed by atoms with Gasteiger partial charge >= 0.3 is 24.3 Å². The number of carbonyl (C=O) groups is 3. The molecule has 1 saturated heterocycles. The maximum absolute atomic E-state index is 12.1. The van der Waals surface area contributed by atoms with E-state index in [1.807, 2.05) is 31.2 Å². The molecule has 36 heavy (non-hydrogen) atoms. The van der Waals surface area contributed by atoms with Gasteiger partial charge in [0.05, 0.1) is 0 Å². The molecule has 1 heterocycles. The van der Waals surface area contributed by atoms with E-state index in [9.17, 15) is 31.1 Å². The van der Waals surface area contributed by atoms with Gasteiger partial charge in [-0.05, 0) is 57.5 Å². The number of hydrogen-bond acceptors (Lipinski definition) is 5. The predicted molar refractivity (Wildman–Crippen MR) is 119 cm³/mol. The number of rotatable bonds is 7. The molecular formula is C22H31F6N3O5. The zero-order valence-electron chi connectivity index (χ0n) is 19.9. The highest BCUT2D eigenvalue weighted by Gasteiger charge is 2.38. The molecule has 206 valence electrons. The number of carboxylic acid groups (broad SMARTS) is 2. The first-order valence-corrected chi connectivity index (χ1v) is 11.0. The molecular weight excluding hydrogens is 500 g/mol. The first-order chi connectivity index (χ1) is 16.6. The van der Waals surface area contributed by atoms with Crippen LogP contribution in [0.15, 0.2) is 24.3 Å². The van der Waals surface area contributed by atoms with Crippen molar-refractivity contribution in [3.8, 4) is 0 Å². The lowest BCUT2D eigenvalue weighted by Crippen LogP contribution is -2.44. The summed E-state index contributed by atoms with van der Waals surface area (Å²) in [6.45, 7) is 9.35. The molecule has 1 aliphatic rings. The normalized spacial score (nSPS) is 14.6. The third kappa shape index (κ3) is 14.5. The van der Waals surface area contributed by atoms with Crippen molar-refractivity contribution < 1.29 is 50.9 Å². The number of aliphatic carboxylic acids is 2. The second-order valence-corrected chi connectivity index (χ2v) is 7.75. The Morgan fingerprint density at radius 2 is 1.42 bits per heavy atom. The van der Waals surface area contributed by atoms with E-state index in [4.69, 9.17) is 19.8 Å². The van der Waals surface area contributed by atoms with E-state index in [0.29, 0.717) is 12.6 Å². The van der Waals surface area contributed by atoms with Crippen LogP contribution in [0.1, 0.15) is 42.1 Å². The van der Waals surface area contributed by atoms with Crippen LogP contribution in [0.2, 0.25) is 0 Å². The number of amides is 1. The van der Waals surface area contributed by atoms with Gasteiger partial charge in [0.15, 0.2) is 0 Å². The minimum Gasteiger partial charge on any atom is -0.475 e. The minimum absolute atomic E-state index is 0.0256. The fourth-order valence-electron chi connectivity index (χ4n) is 3.05. The molecule has 0 atom stereocenters. The van der Waals surface area contributed by atoms with Gasteiger partial charge < -0.3 is 25.7 Å². The molecule has 1 aliphatic heterocycles. The molecule has 8 nitrogen and oxygen atoms in total. The first-order valence-electron chi connectivity index (χ1n) is 11.0. The lowest BCUT2D eigenvalue weighted by molar-refractivity contribution is -0.193. The van der Waals surface area contributed by atoms with E-state index in [0.717, 1.165) is 17.7 Å². The van der Waals surface area contributed by atoms with Crippen LogP contribution in [0.3, 0.4) is 0 Å². The number of aryl methyl sites for hydroxylation is 1. The van der Waals surface area contributed by atoms with Gasteiger partial charge in [-0.2, -0.15) is 26.3 Å². The molecule has 1 fully saturated rings. The van der Waals surface area contributed by atoms with E-state index in [-0.39, 0.29) is 5.91 Å². The van der Waals surface area contributed by atoms with E-state index in [1.165, 1.54) is 38.9 Å². The standard InChI is InChI=1S/C18H29N3O.2C2HF3O2/c1-3-12-21-13-8-16(9-14-21)19-10-11-20-18(22)17-7-5-4-6-15(17)2;2*3-2(4,5)1(6)7/h4-7,16,19H,3,8-14H2,1-2H3,(H,20,22);2*(H,6,7). The number of carboxylic acids is 2. The Labute approximate surface area is 204 Å². The third-order valence-electron chi connectivity index (χ3n) is 4.85. The lowest BCUT2D eigenvalue weighted by Gasteiger charge is -2.32. The van der Waals surface area contributed by atoms with Gasteiger partial charge in [0, 0.05) is 24.7 Å². The summed E-state index contributed by atoms with van der Waals surface area (Å²) < 4.78 is 63.5. The van der Waals surface area contributed by atoms with E-state index >= 15 is 0 Å². The summed E-state index contributed by atoms with van der Waals surface area (Å²) in [5, 5.41) is 20.8. The monoisotopic (exact) mass is 531 g/mol. The number of piperidine rings is 1. The Bertz CT molecular complexity index is 801. The average molecular weight is 531 g/mol. The number of likely N-dealkylation sites (tertiary alicyclic amines) is 1. The minimum atomic E-state index is -5.08. The Kier molecular flexibility index (Phi) is 14.7. The fraction of sp³-hybridized carbons (Fsp3) is 0.591. The number of nitrogens with one attached hydrogen (secondary N) is 2. The third-order valence-corrected chi connectivity index (χ3v) is 4.85. The smallest absolute Gasteiger partial charge is 0.475 e. The molecule has 0 saturated carbocycles. The van der Waals surface area contributed by atoms with Crippen LogP contribution in [-0.4, -0.2) is 84.1 Å². The molecule has 4 N–H and O–H groups in total. The summed E-state index contributed by atoms with van der Waals surface area (Å²) in [7, 11) is 0. The Morgan fingerprint density at radius 3 is 1.83 bits per heavy atom. The van der Waals surface area contributed by atoms with Crippen molar-refractivity contribution in [2.75, 3.05) is 32.7 Å². The fourth-order valence-corrected chi connectivity index (χ4v) is 3.05. The van der Waals surface area contributed by atoms with Gasteiger partial charge in [-0.1, -0.05) is 25.1 Å². The van der Waals surface area contributed by atoms with Crippen LogP contribution in [0.5, 0.6) is 0 Å². The highest BCUT2D eigenvalue weighted by molar-refractivity contribution is 5.95. The highest BCUT2D eigenvalue weighted by atomic mass is 19.4. The zero-order chi connectivity index (χ0) is 27.9. The van der Waals surface area contributed by atoms with Gasteiger partial charge in [-0.3, -0.25) is 4.79 Å². The van der Waals surface area contributed by atoms with Crippen molar-refractivity contribution in [1.82, 2.24) is 15.5 Å². The van der Waals surface area contributed by atoms with E-state index in [2.05, 4.69) is 22.5 Å². The Morgan fingerprint density at radius 1 is 0.944 bits per heavy atom. The second-order valence-electron chi connectivity index (χ2n) is 7.75. The molecule has 0 spiro atoms. The van der Waals surface area contributed by atoms with Crippen molar-refractivity contribution >= 4 is 17.8 Å². The van der Waals surface area contributed by atoms with Crippen LogP contribution < -0.4 is 10.6 Å². The van der Waals surface area contributed by atoms with Gasteiger partial charge in [-0.15, -0.1) is 0 Å². The number of halogens is 6. The molecule has 0 unspecified atom stereocenters. The van der Waals surface area contributed by atoms with E-state index < -0.39 is 24.3 Å². The summed E-state index contributed by atoms with van der Waals surface area (Å²) in [6.07, 6.45) is -6.50. The molecule has 1 amide bonds. The maximum atomic E-state index is 12.1.